The molecule has 2 unspecified atom stereocenters. The summed E-state index contributed by atoms with van der Waals surface area (Å²) in [6.45, 7) is 17.5. The lowest BCUT2D eigenvalue weighted by atomic mass is 9.86. The van der Waals surface area contributed by atoms with E-state index in [4.69, 9.17) is 18.9 Å². The number of hydrogen-bond acceptors (Lipinski definition) is 7. The van der Waals surface area contributed by atoms with E-state index in [2.05, 4.69) is 62.4 Å². The van der Waals surface area contributed by atoms with E-state index in [0.717, 1.165) is 130 Å². The Morgan fingerprint density at radius 2 is 0.944 bits per heavy atom. The lowest BCUT2D eigenvalue weighted by Gasteiger charge is -2.38. The molecule has 2 aliphatic heterocycles. The third kappa shape index (κ3) is 9.22. The van der Waals surface area contributed by atoms with Crippen LogP contribution in [0.25, 0.3) is 0 Å². The van der Waals surface area contributed by atoms with Gasteiger partial charge in [-0.1, -0.05) is 24.3 Å². The second kappa shape index (κ2) is 17.4. The minimum atomic E-state index is -0.288. The van der Waals surface area contributed by atoms with Crippen molar-refractivity contribution in [3.8, 4) is 34.5 Å². The van der Waals surface area contributed by atoms with E-state index in [-0.39, 0.29) is 23.6 Å². The van der Waals surface area contributed by atoms with Crippen LogP contribution in [0.15, 0.2) is 48.5 Å². The summed E-state index contributed by atoms with van der Waals surface area (Å²) in [5.74, 6) is 6.64. The van der Waals surface area contributed by atoms with Crippen molar-refractivity contribution < 1.29 is 29.2 Å². The van der Waals surface area contributed by atoms with Gasteiger partial charge in [0.05, 0.1) is 13.2 Å². The molecule has 2 aliphatic rings. The summed E-state index contributed by atoms with van der Waals surface area (Å²) in [6.07, 6.45) is 7.29. The third-order valence-corrected chi connectivity index (χ3v) is 12.9. The van der Waals surface area contributed by atoms with Gasteiger partial charge in [-0.3, -0.25) is 0 Å². The smallest absolute Gasteiger partial charge is 0.127 e. The zero-order chi connectivity index (χ0) is 37.9. The molecule has 6 nitrogen and oxygen atoms in total. The van der Waals surface area contributed by atoms with Gasteiger partial charge in [0.1, 0.15) is 45.7 Å². The highest BCUT2D eigenvalue weighted by Crippen LogP contribution is 2.45. The summed E-state index contributed by atoms with van der Waals surface area (Å²) in [5.41, 5.74) is 10.1. The van der Waals surface area contributed by atoms with Gasteiger partial charge in [-0.25, -0.2) is 0 Å². The van der Waals surface area contributed by atoms with E-state index in [1.165, 1.54) is 11.1 Å². The Hall–Kier alpha value is -3.68. The van der Waals surface area contributed by atoms with Gasteiger partial charge in [-0.15, -0.1) is 12.4 Å². The van der Waals surface area contributed by atoms with E-state index in [9.17, 15) is 10.2 Å². The van der Waals surface area contributed by atoms with Crippen molar-refractivity contribution in [3.63, 3.8) is 0 Å². The number of phenols is 2. The van der Waals surface area contributed by atoms with Crippen molar-refractivity contribution in [1.82, 2.24) is 0 Å². The minimum absolute atomic E-state index is 0. The molecular weight excluding hydrogens is 716 g/mol. The first-order valence-electron chi connectivity index (χ1n) is 19.3. The summed E-state index contributed by atoms with van der Waals surface area (Å²) >= 11 is 1.99. The molecule has 0 aromatic heterocycles. The first-order chi connectivity index (χ1) is 25.3. The fourth-order valence-electron chi connectivity index (χ4n) is 7.70. The van der Waals surface area contributed by atoms with Gasteiger partial charge in [0.15, 0.2) is 0 Å². The van der Waals surface area contributed by atoms with Gasteiger partial charge >= 0.3 is 0 Å². The molecule has 0 spiro atoms. The van der Waals surface area contributed by atoms with E-state index in [1.807, 2.05) is 53.3 Å². The Kier molecular flexibility index (Phi) is 13.4. The highest BCUT2D eigenvalue weighted by Gasteiger charge is 2.36. The summed E-state index contributed by atoms with van der Waals surface area (Å²) in [4.78, 5) is 0. The Balaban J connectivity index is 0.00000561. The van der Waals surface area contributed by atoms with Crippen LogP contribution in [0.4, 0.5) is 0 Å². The fourth-order valence-corrected chi connectivity index (χ4v) is 8.66. The van der Waals surface area contributed by atoms with Crippen molar-refractivity contribution in [3.05, 3.63) is 104 Å². The monoisotopic (exact) mass is 774 g/mol. The van der Waals surface area contributed by atoms with E-state index in [1.54, 1.807) is 0 Å². The number of rotatable bonds is 14. The average Bonchev–Trinajstić information content (AvgIpc) is 3.15. The lowest BCUT2D eigenvalue weighted by Crippen LogP contribution is -2.38. The second-order valence-corrected chi connectivity index (χ2v) is 17.0. The number of fused-ring (bicyclic) bond motifs is 2. The number of halogens is 1. The molecule has 4 aromatic rings. The van der Waals surface area contributed by atoms with Crippen LogP contribution in [-0.4, -0.2) is 46.1 Å². The Morgan fingerprint density at radius 1 is 0.574 bits per heavy atom. The van der Waals surface area contributed by atoms with E-state index in [0.29, 0.717) is 24.7 Å². The number of aromatic hydroxyl groups is 2. The normalized spacial score (nSPS) is 18.8. The second-order valence-electron chi connectivity index (χ2n) is 15.8. The number of benzene rings is 4. The highest BCUT2D eigenvalue weighted by atomic mass is 35.5. The molecule has 0 amide bonds. The average molecular weight is 775 g/mol. The molecule has 2 heterocycles. The maximum atomic E-state index is 10.5. The first-order valence-corrected chi connectivity index (χ1v) is 20.5. The van der Waals surface area contributed by atoms with Gasteiger partial charge in [-0.05, 0) is 174 Å². The zero-order valence-corrected chi connectivity index (χ0v) is 35.1. The first kappa shape index (κ1) is 41.5. The van der Waals surface area contributed by atoms with Crippen molar-refractivity contribution in [2.75, 3.05) is 24.7 Å². The van der Waals surface area contributed by atoms with Crippen molar-refractivity contribution >= 4 is 24.2 Å². The van der Waals surface area contributed by atoms with Crippen LogP contribution in [0.5, 0.6) is 34.5 Å². The van der Waals surface area contributed by atoms with Gasteiger partial charge in [-0.2, -0.15) is 11.8 Å². The number of thioether (sulfide) groups is 1. The fraction of sp³-hybridized carbons (Fsp3) is 0.478. The maximum Gasteiger partial charge on any atom is 0.127 e. The largest absolute Gasteiger partial charge is 0.507 e. The van der Waals surface area contributed by atoms with Crippen LogP contribution in [0.3, 0.4) is 0 Å². The molecule has 292 valence electrons. The number of phenolic OH excluding ortho intramolecular Hbond substituents is 2. The molecule has 0 saturated heterocycles. The standard InChI is InChI=1S/C46H58O6S.ClH/c1-29-31(3)43-39(33(5)41(29)47)17-21-45(7,51-43)23-25-49-37-13-9-35(10-14-37)19-27-53-28-20-36-11-15-38(16-12-36)50-26-24-46(8)22-18-40-34(6)42(48)30(2)32(4)44(40)52-46;/h9-16,47-48H,17-28H2,1-8H3;1H. The number of aryl methyl sites for hydroxylation is 2. The summed E-state index contributed by atoms with van der Waals surface area (Å²) in [6, 6.07) is 17.0. The van der Waals surface area contributed by atoms with Crippen molar-refractivity contribution in [2.45, 2.75) is 118 Å². The highest BCUT2D eigenvalue weighted by molar-refractivity contribution is 7.99. The van der Waals surface area contributed by atoms with Gasteiger partial charge in [0.25, 0.3) is 0 Å². The Morgan fingerprint density at radius 3 is 1.31 bits per heavy atom. The summed E-state index contributed by atoms with van der Waals surface area (Å²) in [7, 11) is 0. The molecule has 54 heavy (non-hydrogen) atoms. The van der Waals surface area contributed by atoms with Crippen LogP contribution < -0.4 is 18.9 Å². The van der Waals surface area contributed by atoms with Crippen molar-refractivity contribution in [2.24, 2.45) is 0 Å². The predicted molar refractivity (Wildman–Crippen MR) is 224 cm³/mol. The molecule has 6 rings (SSSR count). The van der Waals surface area contributed by atoms with Crippen molar-refractivity contribution in [1.29, 1.82) is 0 Å². The topological polar surface area (TPSA) is 77.4 Å². The Labute approximate surface area is 333 Å². The van der Waals surface area contributed by atoms with Crippen LogP contribution in [-0.2, 0) is 25.7 Å². The summed E-state index contributed by atoms with van der Waals surface area (Å²) < 4.78 is 25.4. The molecule has 8 heteroatoms. The molecular formula is C46H59ClO6S. The SMILES string of the molecule is Cc1c(C)c2c(c(C)c1O)CCC(C)(CCOc1ccc(CCSCCc3ccc(OCCC4(C)CCc5c(C)c(O)c(C)c(C)c5O4)cc3)cc1)O2.Cl. The minimum Gasteiger partial charge on any atom is -0.507 e. The molecule has 2 N–H and O–H groups in total. The van der Waals surface area contributed by atoms with Gasteiger partial charge in [0, 0.05) is 24.0 Å². The number of hydrogen-bond donors (Lipinski definition) is 2. The summed E-state index contributed by atoms with van der Waals surface area (Å²) in [5, 5.41) is 21.0. The van der Waals surface area contributed by atoms with Crippen LogP contribution in [0.2, 0.25) is 0 Å². The zero-order valence-electron chi connectivity index (χ0n) is 33.4. The molecule has 0 saturated carbocycles. The number of ether oxygens (including phenoxy) is 4. The van der Waals surface area contributed by atoms with Gasteiger partial charge < -0.3 is 29.2 Å². The van der Waals surface area contributed by atoms with E-state index < -0.39 is 0 Å². The van der Waals surface area contributed by atoms with Gasteiger partial charge in [0.2, 0.25) is 0 Å². The Bertz CT molecular complexity index is 1790. The van der Waals surface area contributed by atoms with Crippen LogP contribution >= 0.6 is 24.2 Å². The quantitative estimate of drug-likeness (QED) is 0.124. The molecule has 4 aromatic carbocycles. The molecule has 0 radical (unpaired) electrons. The predicted octanol–water partition coefficient (Wildman–Crippen LogP) is 11.0. The molecule has 0 fully saturated rings. The van der Waals surface area contributed by atoms with E-state index >= 15 is 0 Å². The van der Waals surface area contributed by atoms with Crippen LogP contribution in [0.1, 0.15) is 95.2 Å². The molecule has 0 aliphatic carbocycles. The van der Waals surface area contributed by atoms with Crippen LogP contribution in [0, 0.1) is 41.5 Å². The maximum absolute atomic E-state index is 10.5. The molecule has 2 atom stereocenters. The third-order valence-electron chi connectivity index (χ3n) is 11.9. The molecule has 0 bridgehead atoms. The lowest BCUT2D eigenvalue weighted by molar-refractivity contribution is 0.0408.